The molecule has 0 aromatic heterocycles. The quantitative estimate of drug-likeness (QED) is 0.0345. The number of ether oxygens (including phenoxy) is 3. The Balaban J connectivity index is 4.30. The first-order valence-electron chi connectivity index (χ1n) is 26.2. The van der Waals surface area contributed by atoms with E-state index in [1.54, 1.807) is 0 Å². The number of hydrogen-bond acceptors (Lipinski definition) is 6. The van der Waals surface area contributed by atoms with Crippen molar-refractivity contribution in [1.29, 1.82) is 0 Å². The number of hydrogen-bond donors (Lipinski definition) is 0. The fourth-order valence-electron chi connectivity index (χ4n) is 7.99. The van der Waals surface area contributed by atoms with Crippen LogP contribution in [0.25, 0.3) is 0 Å². The fraction of sp³-hybridized carbons (Fsp3) is 0.943. The molecule has 0 aromatic carbocycles. The summed E-state index contributed by atoms with van der Waals surface area (Å²) < 4.78 is 16.8. The summed E-state index contributed by atoms with van der Waals surface area (Å²) in [5.74, 6) is 0.819. The number of rotatable bonds is 47. The van der Waals surface area contributed by atoms with E-state index in [1.165, 1.54) is 180 Å². The Labute approximate surface area is 368 Å². The minimum atomic E-state index is -0.761. The van der Waals surface area contributed by atoms with Gasteiger partial charge in [0.1, 0.15) is 13.2 Å². The van der Waals surface area contributed by atoms with Crippen LogP contribution in [0.5, 0.6) is 0 Å². The molecule has 0 fully saturated rings. The van der Waals surface area contributed by atoms with Crippen LogP contribution in [0, 0.1) is 11.8 Å². The van der Waals surface area contributed by atoms with Crippen LogP contribution in [0.3, 0.4) is 0 Å². The van der Waals surface area contributed by atoms with Crippen LogP contribution in [-0.2, 0) is 28.6 Å². The van der Waals surface area contributed by atoms with Crippen molar-refractivity contribution in [3.05, 3.63) is 0 Å². The highest BCUT2D eigenvalue weighted by Gasteiger charge is 2.19. The molecular weight excluding hydrogens is 733 g/mol. The number of carbonyl (C=O) groups excluding carboxylic acids is 3. The van der Waals surface area contributed by atoms with E-state index in [0.29, 0.717) is 19.3 Å². The van der Waals surface area contributed by atoms with Gasteiger partial charge in [-0.25, -0.2) is 0 Å². The van der Waals surface area contributed by atoms with Gasteiger partial charge < -0.3 is 14.2 Å². The SMILES string of the molecule is CCCCCCCCCCCCCC(=O)OC[C@H](COC(=O)CCCCCCCCCCCCCCC(C)C)OC(=O)CCCCCCCCCCCCCCC(C)C. The molecular formula is C53H102O6. The highest BCUT2D eigenvalue weighted by Crippen LogP contribution is 2.17. The average molecular weight is 835 g/mol. The molecule has 1 atom stereocenters. The predicted octanol–water partition coefficient (Wildman–Crippen LogP) is 16.9. The van der Waals surface area contributed by atoms with Gasteiger partial charge in [0.05, 0.1) is 0 Å². The van der Waals surface area contributed by atoms with Gasteiger partial charge in [0, 0.05) is 19.3 Å². The van der Waals surface area contributed by atoms with Gasteiger partial charge in [-0.3, -0.25) is 14.4 Å². The summed E-state index contributed by atoms with van der Waals surface area (Å²) in [5.41, 5.74) is 0. The molecule has 0 saturated heterocycles. The van der Waals surface area contributed by atoms with Crippen molar-refractivity contribution in [3.63, 3.8) is 0 Å². The maximum absolute atomic E-state index is 12.8. The summed E-state index contributed by atoms with van der Waals surface area (Å²) in [7, 11) is 0. The van der Waals surface area contributed by atoms with Crippen molar-refractivity contribution in [3.8, 4) is 0 Å². The normalized spacial score (nSPS) is 12.1. The third kappa shape index (κ3) is 47.3. The van der Waals surface area contributed by atoms with Gasteiger partial charge in [-0.2, -0.15) is 0 Å². The van der Waals surface area contributed by atoms with E-state index in [9.17, 15) is 14.4 Å². The second-order valence-corrected chi connectivity index (χ2v) is 19.1. The molecule has 6 heteroatoms. The van der Waals surface area contributed by atoms with Gasteiger partial charge >= 0.3 is 17.9 Å². The van der Waals surface area contributed by atoms with Crippen LogP contribution < -0.4 is 0 Å². The van der Waals surface area contributed by atoms with Gasteiger partial charge in [-0.1, -0.05) is 253 Å². The monoisotopic (exact) mass is 835 g/mol. The van der Waals surface area contributed by atoms with E-state index in [-0.39, 0.29) is 31.1 Å². The Hall–Kier alpha value is -1.59. The smallest absolute Gasteiger partial charge is 0.306 e. The molecule has 0 unspecified atom stereocenters. The Morgan fingerprint density at radius 2 is 0.559 bits per heavy atom. The average Bonchev–Trinajstić information content (AvgIpc) is 3.20. The van der Waals surface area contributed by atoms with Crippen molar-refractivity contribution >= 4 is 17.9 Å². The minimum absolute atomic E-state index is 0.0635. The summed E-state index contributed by atoms with van der Waals surface area (Å²) >= 11 is 0. The first-order chi connectivity index (χ1) is 28.7. The van der Waals surface area contributed by atoms with Crippen LogP contribution in [0.4, 0.5) is 0 Å². The van der Waals surface area contributed by atoms with Gasteiger partial charge in [-0.05, 0) is 31.1 Å². The highest BCUT2D eigenvalue weighted by atomic mass is 16.6. The van der Waals surface area contributed by atoms with E-state index in [1.807, 2.05) is 0 Å². The third-order valence-corrected chi connectivity index (χ3v) is 12.0. The van der Waals surface area contributed by atoms with Gasteiger partial charge in [0.15, 0.2) is 6.10 Å². The highest BCUT2D eigenvalue weighted by molar-refractivity contribution is 5.71. The Bertz CT molecular complexity index is 900. The summed E-state index contributed by atoms with van der Waals surface area (Å²) in [6, 6.07) is 0. The molecule has 0 N–H and O–H groups in total. The molecule has 0 spiro atoms. The summed E-state index contributed by atoms with van der Waals surface area (Å²) in [5, 5.41) is 0. The summed E-state index contributed by atoms with van der Waals surface area (Å²) in [6.45, 7) is 11.4. The molecule has 0 aliphatic rings. The van der Waals surface area contributed by atoms with Gasteiger partial charge in [-0.15, -0.1) is 0 Å². The largest absolute Gasteiger partial charge is 0.462 e. The van der Waals surface area contributed by atoms with Crippen molar-refractivity contribution < 1.29 is 28.6 Å². The number of carbonyl (C=O) groups is 3. The molecule has 350 valence electrons. The van der Waals surface area contributed by atoms with Crippen molar-refractivity contribution in [2.75, 3.05) is 13.2 Å². The van der Waals surface area contributed by atoms with Crippen LogP contribution in [0.2, 0.25) is 0 Å². The third-order valence-electron chi connectivity index (χ3n) is 12.0. The zero-order valence-corrected chi connectivity index (χ0v) is 40.4. The number of esters is 3. The van der Waals surface area contributed by atoms with Gasteiger partial charge in [0.2, 0.25) is 0 Å². The van der Waals surface area contributed by atoms with Crippen LogP contribution in [0.15, 0.2) is 0 Å². The van der Waals surface area contributed by atoms with Crippen molar-refractivity contribution in [1.82, 2.24) is 0 Å². The summed E-state index contributed by atoms with van der Waals surface area (Å²) in [6.07, 6.45) is 46.6. The van der Waals surface area contributed by atoms with Crippen LogP contribution in [0.1, 0.15) is 291 Å². The van der Waals surface area contributed by atoms with Crippen LogP contribution in [-0.4, -0.2) is 37.2 Å². The van der Waals surface area contributed by atoms with E-state index >= 15 is 0 Å². The lowest BCUT2D eigenvalue weighted by molar-refractivity contribution is -0.167. The molecule has 0 amide bonds. The second-order valence-electron chi connectivity index (χ2n) is 19.1. The summed E-state index contributed by atoms with van der Waals surface area (Å²) in [4.78, 5) is 37.9. The van der Waals surface area contributed by atoms with Crippen molar-refractivity contribution in [2.45, 2.75) is 298 Å². The maximum atomic E-state index is 12.8. The molecule has 6 nitrogen and oxygen atoms in total. The maximum Gasteiger partial charge on any atom is 0.306 e. The molecule has 0 heterocycles. The first kappa shape index (κ1) is 57.4. The lowest BCUT2D eigenvalue weighted by Crippen LogP contribution is -2.30. The predicted molar refractivity (Wildman–Crippen MR) is 252 cm³/mol. The van der Waals surface area contributed by atoms with Crippen molar-refractivity contribution in [2.24, 2.45) is 11.8 Å². The van der Waals surface area contributed by atoms with Crippen LogP contribution >= 0.6 is 0 Å². The molecule has 0 aliphatic carbocycles. The topological polar surface area (TPSA) is 78.9 Å². The van der Waals surface area contributed by atoms with Gasteiger partial charge in [0.25, 0.3) is 0 Å². The lowest BCUT2D eigenvalue weighted by atomic mass is 10.0. The molecule has 59 heavy (non-hydrogen) atoms. The Morgan fingerprint density at radius 3 is 0.831 bits per heavy atom. The molecule has 0 radical (unpaired) electrons. The molecule has 0 aliphatic heterocycles. The Morgan fingerprint density at radius 1 is 0.322 bits per heavy atom. The molecule has 0 aromatic rings. The molecule has 0 saturated carbocycles. The minimum Gasteiger partial charge on any atom is -0.462 e. The molecule has 0 bridgehead atoms. The van der Waals surface area contributed by atoms with E-state index < -0.39 is 6.10 Å². The molecule has 0 rings (SSSR count). The second kappa shape index (κ2) is 45.9. The van der Waals surface area contributed by atoms with E-state index in [2.05, 4.69) is 34.6 Å². The van der Waals surface area contributed by atoms with E-state index in [4.69, 9.17) is 14.2 Å². The standard InChI is InChI=1S/C53H102O6/c1-6-7-8-9-10-11-16-23-28-33-38-43-51(54)57-46-50(59-53(56)45-40-35-30-25-20-15-13-18-22-27-32-37-42-49(4)5)47-58-52(55)44-39-34-29-24-19-14-12-17-21-26-31-36-41-48(2)3/h48-50H,6-47H2,1-5H3/t50-/m1/s1. The first-order valence-corrected chi connectivity index (χ1v) is 26.2. The Kier molecular flexibility index (Phi) is 44.7. The zero-order valence-electron chi connectivity index (χ0n) is 40.4. The zero-order chi connectivity index (χ0) is 43.3. The number of unbranched alkanes of at least 4 members (excludes halogenated alkanes) is 32. The van der Waals surface area contributed by atoms with E-state index in [0.717, 1.165) is 69.6 Å². The fourth-order valence-corrected chi connectivity index (χ4v) is 7.99. The lowest BCUT2D eigenvalue weighted by Gasteiger charge is -2.18.